The lowest BCUT2D eigenvalue weighted by Gasteiger charge is -2.07. The first kappa shape index (κ1) is 18.7. The predicted octanol–water partition coefficient (Wildman–Crippen LogP) is 2.26. The number of hydrogen-bond acceptors (Lipinski definition) is 7. The minimum Gasteiger partial charge on any atom is -0.382 e. The van der Waals surface area contributed by atoms with Gasteiger partial charge in [-0.15, -0.1) is 0 Å². The minimum absolute atomic E-state index is 0.00667. The molecule has 7 nitrogen and oxygen atoms in total. The van der Waals surface area contributed by atoms with Gasteiger partial charge in [-0.3, -0.25) is 4.79 Å². The zero-order valence-electron chi connectivity index (χ0n) is 14.9. The molecule has 0 atom stereocenters. The molecule has 0 unspecified atom stereocenters. The molecule has 0 aliphatic heterocycles. The Kier molecular flexibility index (Phi) is 5.00. The third-order valence-corrected chi connectivity index (χ3v) is 4.96. The third-order valence-electron chi connectivity index (χ3n) is 3.95. The Hall–Kier alpha value is -3.13. The van der Waals surface area contributed by atoms with E-state index in [1.165, 1.54) is 18.5 Å². The van der Waals surface area contributed by atoms with Gasteiger partial charge >= 0.3 is 0 Å². The number of pyridine rings is 1. The zero-order chi connectivity index (χ0) is 19.6. The van der Waals surface area contributed by atoms with E-state index in [0.29, 0.717) is 11.3 Å². The molecule has 0 radical (unpaired) electrons. The predicted molar refractivity (Wildman–Crippen MR) is 102 cm³/mol. The molecule has 27 heavy (non-hydrogen) atoms. The molecule has 2 N–H and O–H groups in total. The number of Topliss-reactive ketones (excluding diaryl/α,β-unsaturated/α-hetero) is 1. The number of sulfone groups is 1. The Labute approximate surface area is 157 Å². The van der Waals surface area contributed by atoms with Gasteiger partial charge in [-0.2, -0.15) is 0 Å². The van der Waals surface area contributed by atoms with Gasteiger partial charge in [0.05, 0.1) is 11.9 Å². The average molecular weight is 382 g/mol. The summed E-state index contributed by atoms with van der Waals surface area (Å²) < 4.78 is 22.9. The van der Waals surface area contributed by atoms with Gasteiger partial charge in [-0.1, -0.05) is 35.9 Å². The monoisotopic (exact) mass is 382 g/mol. The lowest BCUT2D eigenvalue weighted by Crippen LogP contribution is -2.12. The maximum Gasteiger partial charge on any atom is 0.192 e. The molecule has 8 heteroatoms. The molecule has 2 heterocycles. The summed E-state index contributed by atoms with van der Waals surface area (Å²) in [7, 11) is -3.38. The van der Waals surface area contributed by atoms with E-state index in [-0.39, 0.29) is 28.7 Å². The number of nitrogens with zero attached hydrogens (tertiary/aromatic N) is 3. The highest BCUT2D eigenvalue weighted by Crippen LogP contribution is 2.20. The molecule has 138 valence electrons. The van der Waals surface area contributed by atoms with Crippen molar-refractivity contribution in [3.63, 3.8) is 0 Å². The van der Waals surface area contributed by atoms with Crippen molar-refractivity contribution >= 4 is 21.4 Å². The van der Waals surface area contributed by atoms with Crippen LogP contribution in [0.1, 0.15) is 21.6 Å². The van der Waals surface area contributed by atoms with Gasteiger partial charge in [0, 0.05) is 24.4 Å². The molecule has 2 aromatic heterocycles. The molecule has 0 bridgehead atoms. The van der Waals surface area contributed by atoms with Crippen molar-refractivity contribution < 1.29 is 13.2 Å². The van der Waals surface area contributed by atoms with E-state index >= 15 is 0 Å². The molecule has 0 saturated heterocycles. The Morgan fingerprint density at radius 3 is 2.33 bits per heavy atom. The summed E-state index contributed by atoms with van der Waals surface area (Å²) in [6, 6.07) is 10.6. The molecule has 0 aliphatic carbocycles. The summed E-state index contributed by atoms with van der Waals surface area (Å²) in [5.74, 6) is -0.264. The highest BCUT2D eigenvalue weighted by Gasteiger charge is 2.16. The van der Waals surface area contributed by atoms with E-state index in [1.807, 2.05) is 31.2 Å². The summed E-state index contributed by atoms with van der Waals surface area (Å²) in [4.78, 5) is 25.0. The summed E-state index contributed by atoms with van der Waals surface area (Å²) in [5.41, 5.74) is 8.99. The standard InChI is InChI=1S/C19H18N4O3S/c1-12-3-6-14(7-4-12)15-11-22-19(20)18(23-15)16(24)9-13-5-8-17(21-10-13)27(2,25)26/h3-8,10-11H,9H2,1-2H3,(H2,20,22). The molecular weight excluding hydrogens is 364 g/mol. The number of rotatable bonds is 5. The second kappa shape index (κ2) is 7.24. The van der Waals surface area contributed by atoms with E-state index in [1.54, 1.807) is 6.07 Å². The zero-order valence-corrected chi connectivity index (χ0v) is 15.7. The van der Waals surface area contributed by atoms with Crippen LogP contribution in [-0.2, 0) is 16.3 Å². The summed E-state index contributed by atoms with van der Waals surface area (Å²) in [5, 5.41) is -0.0422. The first-order valence-electron chi connectivity index (χ1n) is 8.12. The molecule has 0 aliphatic rings. The van der Waals surface area contributed by atoms with E-state index in [4.69, 9.17) is 5.73 Å². The second-order valence-electron chi connectivity index (χ2n) is 6.23. The van der Waals surface area contributed by atoms with Gasteiger partial charge in [0.25, 0.3) is 0 Å². The van der Waals surface area contributed by atoms with Crippen LogP contribution in [0, 0.1) is 6.92 Å². The van der Waals surface area contributed by atoms with Crippen LogP contribution >= 0.6 is 0 Å². The van der Waals surface area contributed by atoms with Crippen molar-refractivity contribution in [3.05, 3.63) is 65.6 Å². The van der Waals surface area contributed by atoms with Crippen molar-refractivity contribution in [1.82, 2.24) is 15.0 Å². The van der Waals surface area contributed by atoms with Gasteiger partial charge in [-0.25, -0.2) is 23.4 Å². The molecule has 0 amide bonds. The smallest absolute Gasteiger partial charge is 0.192 e. The fourth-order valence-corrected chi connectivity index (χ4v) is 3.03. The van der Waals surface area contributed by atoms with Crippen LogP contribution in [0.15, 0.2) is 53.8 Å². The summed E-state index contributed by atoms with van der Waals surface area (Å²) >= 11 is 0. The van der Waals surface area contributed by atoms with Crippen molar-refractivity contribution in [1.29, 1.82) is 0 Å². The van der Waals surface area contributed by atoms with Gasteiger partial charge in [-0.05, 0) is 18.6 Å². The van der Waals surface area contributed by atoms with Crippen molar-refractivity contribution in [2.75, 3.05) is 12.0 Å². The number of carbonyl (C=O) groups is 1. The Morgan fingerprint density at radius 2 is 1.74 bits per heavy atom. The molecule has 0 fully saturated rings. The highest BCUT2D eigenvalue weighted by molar-refractivity contribution is 7.90. The molecule has 3 aromatic rings. The number of hydrogen-bond donors (Lipinski definition) is 1. The first-order chi connectivity index (χ1) is 12.7. The van der Waals surface area contributed by atoms with Crippen LogP contribution in [0.5, 0.6) is 0 Å². The number of benzene rings is 1. The normalized spacial score (nSPS) is 11.3. The Balaban J connectivity index is 1.86. The second-order valence-corrected chi connectivity index (χ2v) is 8.19. The van der Waals surface area contributed by atoms with Gasteiger partial charge in [0.2, 0.25) is 0 Å². The summed E-state index contributed by atoms with van der Waals surface area (Å²) in [6.07, 6.45) is 3.96. The minimum atomic E-state index is -3.38. The number of ketones is 1. The number of aryl methyl sites for hydroxylation is 1. The third kappa shape index (κ3) is 4.35. The maximum absolute atomic E-state index is 12.6. The van der Waals surface area contributed by atoms with Crippen LogP contribution in [-0.4, -0.2) is 35.4 Å². The van der Waals surface area contributed by atoms with Gasteiger partial charge in [0.15, 0.2) is 26.5 Å². The molecule has 0 saturated carbocycles. The fourth-order valence-electron chi connectivity index (χ4n) is 2.47. The van der Waals surface area contributed by atoms with Crippen molar-refractivity contribution in [2.45, 2.75) is 18.4 Å². The average Bonchev–Trinajstić information content (AvgIpc) is 2.62. The summed E-state index contributed by atoms with van der Waals surface area (Å²) in [6.45, 7) is 1.98. The van der Waals surface area contributed by atoms with E-state index in [0.717, 1.165) is 17.4 Å². The number of nitrogens with two attached hydrogens (primary N) is 1. The maximum atomic E-state index is 12.6. The van der Waals surface area contributed by atoms with Crippen LogP contribution < -0.4 is 5.73 Å². The number of anilines is 1. The van der Waals surface area contributed by atoms with Gasteiger partial charge in [0.1, 0.15) is 5.69 Å². The van der Waals surface area contributed by atoms with Crippen LogP contribution in [0.3, 0.4) is 0 Å². The van der Waals surface area contributed by atoms with Crippen molar-refractivity contribution in [2.24, 2.45) is 0 Å². The van der Waals surface area contributed by atoms with E-state index in [9.17, 15) is 13.2 Å². The van der Waals surface area contributed by atoms with Crippen LogP contribution in [0.25, 0.3) is 11.3 Å². The topological polar surface area (TPSA) is 116 Å². The highest BCUT2D eigenvalue weighted by atomic mass is 32.2. The number of carbonyl (C=O) groups excluding carboxylic acids is 1. The Morgan fingerprint density at radius 1 is 1.04 bits per heavy atom. The van der Waals surface area contributed by atoms with E-state index in [2.05, 4.69) is 15.0 Å². The SMILES string of the molecule is Cc1ccc(-c2cnc(N)c(C(=O)Cc3ccc(S(C)(=O)=O)nc3)n2)cc1. The fraction of sp³-hybridized carbons (Fsp3) is 0.158. The van der Waals surface area contributed by atoms with Crippen molar-refractivity contribution in [3.8, 4) is 11.3 Å². The Bertz CT molecular complexity index is 1090. The molecule has 3 rings (SSSR count). The molecular formula is C19H18N4O3S. The first-order valence-corrected chi connectivity index (χ1v) is 10.0. The lowest BCUT2D eigenvalue weighted by molar-refractivity contribution is 0.0989. The largest absolute Gasteiger partial charge is 0.382 e. The number of aromatic nitrogens is 3. The van der Waals surface area contributed by atoms with Crippen LogP contribution in [0.4, 0.5) is 5.82 Å². The molecule has 0 spiro atoms. The van der Waals surface area contributed by atoms with Crippen LogP contribution in [0.2, 0.25) is 0 Å². The quantitative estimate of drug-likeness (QED) is 0.673. The molecule has 1 aromatic carbocycles. The lowest BCUT2D eigenvalue weighted by atomic mass is 10.1. The van der Waals surface area contributed by atoms with Gasteiger partial charge < -0.3 is 5.73 Å². The number of nitrogen functional groups attached to an aromatic ring is 1. The van der Waals surface area contributed by atoms with E-state index < -0.39 is 9.84 Å².